The molecule has 2 aromatic carbocycles. The first-order valence-corrected chi connectivity index (χ1v) is 6.42. The fourth-order valence-electron chi connectivity index (χ4n) is 2.04. The van der Waals surface area contributed by atoms with Crippen LogP contribution in [0.3, 0.4) is 0 Å². The molecule has 3 heteroatoms. The Bertz CT molecular complexity index is 582. The van der Waals surface area contributed by atoms with Gasteiger partial charge in [-0.15, -0.1) is 6.58 Å². The van der Waals surface area contributed by atoms with Gasteiger partial charge >= 0.3 is 0 Å². The number of nitrogens with two attached hydrogens (primary N) is 1. The van der Waals surface area contributed by atoms with Gasteiger partial charge in [-0.05, 0) is 22.8 Å². The summed E-state index contributed by atoms with van der Waals surface area (Å²) >= 11 is 0. The Hall–Kier alpha value is -2.29. The number of nitrogens with zero attached hydrogens (tertiary/aromatic N) is 1. The number of benzene rings is 2. The van der Waals surface area contributed by atoms with Crippen molar-refractivity contribution in [2.24, 2.45) is 10.7 Å². The third-order valence-electron chi connectivity index (χ3n) is 2.97. The molecule has 0 aromatic heterocycles. The smallest absolute Gasteiger partial charge is 0.188 e. The summed E-state index contributed by atoms with van der Waals surface area (Å²) in [7, 11) is 0. The highest BCUT2D eigenvalue weighted by Crippen LogP contribution is 2.18. The van der Waals surface area contributed by atoms with E-state index >= 15 is 0 Å². The Labute approximate surface area is 113 Å². The van der Waals surface area contributed by atoms with Crippen LogP contribution in [-0.2, 0) is 6.42 Å². The summed E-state index contributed by atoms with van der Waals surface area (Å²) in [6.45, 7) is 4.95. The van der Waals surface area contributed by atoms with Crippen LogP contribution in [0.2, 0.25) is 0 Å². The first-order valence-electron chi connectivity index (χ1n) is 6.42. The van der Waals surface area contributed by atoms with Crippen LogP contribution in [0.1, 0.15) is 5.56 Å². The number of hydrogen-bond acceptors (Lipinski definition) is 1. The van der Waals surface area contributed by atoms with Crippen LogP contribution in [0.5, 0.6) is 0 Å². The highest BCUT2D eigenvalue weighted by atomic mass is 15.1. The Morgan fingerprint density at radius 3 is 2.84 bits per heavy atom. The van der Waals surface area contributed by atoms with Gasteiger partial charge < -0.3 is 11.1 Å². The van der Waals surface area contributed by atoms with Crippen molar-refractivity contribution in [3.63, 3.8) is 0 Å². The molecule has 0 fully saturated rings. The zero-order valence-corrected chi connectivity index (χ0v) is 11.0. The molecular formula is C16H19N3. The van der Waals surface area contributed by atoms with Gasteiger partial charge in [0, 0.05) is 13.1 Å². The van der Waals surface area contributed by atoms with Gasteiger partial charge in [-0.3, -0.25) is 4.99 Å². The van der Waals surface area contributed by atoms with Gasteiger partial charge in [-0.2, -0.15) is 0 Å². The van der Waals surface area contributed by atoms with Crippen molar-refractivity contribution < 1.29 is 0 Å². The van der Waals surface area contributed by atoms with Crippen LogP contribution >= 0.6 is 0 Å². The quantitative estimate of drug-likeness (QED) is 0.488. The van der Waals surface area contributed by atoms with E-state index in [1.807, 2.05) is 0 Å². The molecule has 98 valence electrons. The highest BCUT2D eigenvalue weighted by molar-refractivity contribution is 5.85. The van der Waals surface area contributed by atoms with Gasteiger partial charge in [0.25, 0.3) is 0 Å². The summed E-state index contributed by atoms with van der Waals surface area (Å²) in [5.41, 5.74) is 7.03. The van der Waals surface area contributed by atoms with E-state index in [9.17, 15) is 0 Å². The van der Waals surface area contributed by atoms with E-state index in [4.69, 9.17) is 5.73 Å². The number of aliphatic imine (C=N–C) groups is 1. The second-order valence-corrected chi connectivity index (χ2v) is 4.32. The number of fused-ring (bicyclic) bond motifs is 1. The number of guanidine groups is 1. The largest absolute Gasteiger partial charge is 0.370 e. The lowest BCUT2D eigenvalue weighted by molar-refractivity contribution is 0.934. The molecule has 0 radical (unpaired) electrons. The Balaban J connectivity index is 2.04. The van der Waals surface area contributed by atoms with Crippen LogP contribution in [0.25, 0.3) is 10.8 Å². The average molecular weight is 253 g/mol. The van der Waals surface area contributed by atoms with Crippen molar-refractivity contribution in [1.82, 2.24) is 5.32 Å². The second kappa shape index (κ2) is 6.59. The maximum Gasteiger partial charge on any atom is 0.188 e. The molecule has 0 spiro atoms. The van der Waals surface area contributed by atoms with E-state index < -0.39 is 0 Å². The van der Waals surface area contributed by atoms with Gasteiger partial charge in [0.2, 0.25) is 0 Å². The van der Waals surface area contributed by atoms with Crippen molar-refractivity contribution in [2.45, 2.75) is 6.42 Å². The zero-order valence-electron chi connectivity index (χ0n) is 11.0. The molecule has 3 nitrogen and oxygen atoms in total. The molecule has 0 aliphatic rings. The Morgan fingerprint density at radius 2 is 2.00 bits per heavy atom. The monoisotopic (exact) mass is 253 g/mol. The van der Waals surface area contributed by atoms with E-state index in [2.05, 4.69) is 59.4 Å². The summed E-state index contributed by atoms with van der Waals surface area (Å²) in [6.07, 6.45) is 2.64. The minimum atomic E-state index is 0.472. The van der Waals surface area contributed by atoms with Crippen molar-refractivity contribution in [1.29, 1.82) is 0 Å². The van der Waals surface area contributed by atoms with Crippen LogP contribution in [0.4, 0.5) is 0 Å². The summed E-state index contributed by atoms with van der Waals surface area (Å²) in [5, 5.41) is 5.52. The molecule has 0 bridgehead atoms. The average Bonchev–Trinajstić information content (AvgIpc) is 2.45. The zero-order chi connectivity index (χ0) is 13.5. The summed E-state index contributed by atoms with van der Waals surface area (Å²) < 4.78 is 0. The SMILES string of the molecule is C=CCNC(N)=NCCc1cccc2ccccc12. The molecule has 0 saturated carbocycles. The van der Waals surface area contributed by atoms with Crippen molar-refractivity contribution in [2.75, 3.05) is 13.1 Å². The van der Waals surface area contributed by atoms with Crippen molar-refractivity contribution in [3.8, 4) is 0 Å². The molecule has 0 unspecified atom stereocenters. The molecule has 0 amide bonds. The maximum absolute atomic E-state index is 5.73. The standard InChI is InChI=1S/C16H19N3/c1-2-11-18-16(17)19-12-10-14-8-5-7-13-6-3-4-9-15(13)14/h2-9H,1,10-12H2,(H3,17,18,19). The number of rotatable bonds is 5. The second-order valence-electron chi connectivity index (χ2n) is 4.32. The lowest BCUT2D eigenvalue weighted by Crippen LogP contribution is -2.31. The van der Waals surface area contributed by atoms with Crippen LogP contribution < -0.4 is 11.1 Å². The fourth-order valence-corrected chi connectivity index (χ4v) is 2.04. The molecule has 2 rings (SSSR count). The van der Waals surface area contributed by atoms with Crippen molar-refractivity contribution in [3.05, 3.63) is 60.7 Å². The molecular weight excluding hydrogens is 234 g/mol. The molecule has 0 heterocycles. The maximum atomic E-state index is 5.73. The topological polar surface area (TPSA) is 50.4 Å². The molecule has 0 atom stereocenters. The highest BCUT2D eigenvalue weighted by Gasteiger charge is 1.99. The van der Waals surface area contributed by atoms with Gasteiger partial charge in [-0.25, -0.2) is 0 Å². The molecule has 0 aliphatic carbocycles. The molecule has 0 saturated heterocycles. The summed E-state index contributed by atoms with van der Waals surface area (Å²) in [4.78, 5) is 4.30. The molecule has 3 N–H and O–H groups in total. The Morgan fingerprint density at radius 1 is 1.21 bits per heavy atom. The van der Waals surface area contributed by atoms with Crippen LogP contribution in [0.15, 0.2) is 60.1 Å². The lowest BCUT2D eigenvalue weighted by atomic mass is 10.0. The van der Waals surface area contributed by atoms with Crippen molar-refractivity contribution >= 4 is 16.7 Å². The minimum absolute atomic E-state index is 0.472. The number of hydrogen-bond donors (Lipinski definition) is 2. The van der Waals surface area contributed by atoms with Gasteiger partial charge in [0.05, 0.1) is 0 Å². The van der Waals surface area contributed by atoms with E-state index in [1.54, 1.807) is 6.08 Å². The Kier molecular flexibility index (Phi) is 4.56. The molecule has 19 heavy (non-hydrogen) atoms. The van der Waals surface area contributed by atoms with Gasteiger partial charge in [0.1, 0.15) is 0 Å². The summed E-state index contributed by atoms with van der Waals surface area (Å²) in [5.74, 6) is 0.472. The minimum Gasteiger partial charge on any atom is -0.370 e. The van der Waals surface area contributed by atoms with Gasteiger partial charge in [0.15, 0.2) is 5.96 Å². The normalized spacial score (nSPS) is 11.5. The lowest BCUT2D eigenvalue weighted by Gasteiger charge is -2.06. The van der Waals surface area contributed by atoms with E-state index in [0.717, 1.165) is 6.42 Å². The first kappa shape index (κ1) is 13.1. The van der Waals surface area contributed by atoms with Crippen LogP contribution in [0, 0.1) is 0 Å². The third-order valence-corrected chi connectivity index (χ3v) is 2.97. The van der Waals surface area contributed by atoms with E-state index in [-0.39, 0.29) is 0 Å². The molecule has 0 aliphatic heterocycles. The molecule has 2 aromatic rings. The van der Waals surface area contributed by atoms with Crippen LogP contribution in [-0.4, -0.2) is 19.0 Å². The first-order chi connectivity index (χ1) is 9.31. The van der Waals surface area contributed by atoms with E-state index in [1.165, 1.54) is 16.3 Å². The summed E-state index contributed by atoms with van der Waals surface area (Å²) in [6, 6.07) is 14.8. The predicted octanol–water partition coefficient (Wildman–Crippen LogP) is 2.47. The fraction of sp³-hybridized carbons (Fsp3) is 0.188. The predicted molar refractivity (Wildman–Crippen MR) is 82.3 cm³/mol. The van der Waals surface area contributed by atoms with E-state index in [0.29, 0.717) is 19.0 Å². The number of nitrogens with one attached hydrogen (secondary N) is 1. The third kappa shape index (κ3) is 3.58. The van der Waals surface area contributed by atoms with Gasteiger partial charge in [-0.1, -0.05) is 48.5 Å².